The standard InChI is InChI=1S/C7H6F5N3/c8-5(9)3-4(13)2(7(10,11)12)1-15-6(3)14/h1,5H,(H4,13,14,15). The molecule has 1 aromatic rings. The summed E-state index contributed by atoms with van der Waals surface area (Å²) in [6, 6.07) is 0. The molecule has 0 aliphatic rings. The van der Waals surface area contributed by atoms with Gasteiger partial charge in [0.1, 0.15) is 5.82 Å². The summed E-state index contributed by atoms with van der Waals surface area (Å²) in [5, 5.41) is 0. The minimum Gasteiger partial charge on any atom is -0.398 e. The topological polar surface area (TPSA) is 64.9 Å². The Kier molecular flexibility index (Phi) is 2.69. The normalized spacial score (nSPS) is 12.1. The van der Waals surface area contributed by atoms with E-state index in [1.54, 1.807) is 0 Å². The highest BCUT2D eigenvalue weighted by molar-refractivity contribution is 5.62. The van der Waals surface area contributed by atoms with E-state index in [0.717, 1.165) is 0 Å². The highest BCUT2D eigenvalue weighted by Crippen LogP contribution is 2.39. The van der Waals surface area contributed by atoms with Crippen LogP contribution >= 0.6 is 0 Å². The summed E-state index contributed by atoms with van der Waals surface area (Å²) in [5.41, 5.74) is 6.38. The van der Waals surface area contributed by atoms with Gasteiger partial charge in [-0.25, -0.2) is 13.8 Å². The smallest absolute Gasteiger partial charge is 0.398 e. The summed E-state index contributed by atoms with van der Waals surface area (Å²) in [7, 11) is 0. The summed E-state index contributed by atoms with van der Waals surface area (Å²) < 4.78 is 61.2. The van der Waals surface area contributed by atoms with Crippen LogP contribution in [0.1, 0.15) is 17.6 Å². The van der Waals surface area contributed by atoms with E-state index in [4.69, 9.17) is 11.5 Å². The predicted molar refractivity (Wildman–Crippen MR) is 43.0 cm³/mol. The highest BCUT2D eigenvalue weighted by atomic mass is 19.4. The molecule has 1 aromatic heterocycles. The predicted octanol–water partition coefficient (Wildman–Crippen LogP) is 2.20. The van der Waals surface area contributed by atoms with Gasteiger partial charge in [0.05, 0.1) is 16.8 Å². The van der Waals surface area contributed by atoms with Gasteiger partial charge in [-0.2, -0.15) is 13.2 Å². The number of pyridine rings is 1. The second-order valence-corrected chi connectivity index (χ2v) is 2.68. The highest BCUT2D eigenvalue weighted by Gasteiger charge is 2.36. The molecule has 15 heavy (non-hydrogen) atoms. The van der Waals surface area contributed by atoms with E-state index in [0.29, 0.717) is 6.20 Å². The molecule has 0 aliphatic carbocycles. The summed E-state index contributed by atoms with van der Waals surface area (Å²) in [5.74, 6) is -0.699. The van der Waals surface area contributed by atoms with Crippen molar-refractivity contribution in [1.29, 1.82) is 0 Å². The molecule has 0 fully saturated rings. The molecule has 0 saturated carbocycles. The van der Waals surface area contributed by atoms with Crippen molar-refractivity contribution in [2.24, 2.45) is 0 Å². The first-order chi connectivity index (χ1) is 6.75. The van der Waals surface area contributed by atoms with Gasteiger partial charge in [0.2, 0.25) is 0 Å². The molecule has 0 aliphatic heterocycles. The minimum absolute atomic E-state index is 0.330. The lowest BCUT2D eigenvalue weighted by atomic mass is 10.1. The van der Waals surface area contributed by atoms with Crippen molar-refractivity contribution in [3.05, 3.63) is 17.3 Å². The molecule has 0 saturated heterocycles. The maximum atomic E-state index is 12.3. The van der Waals surface area contributed by atoms with E-state index in [1.165, 1.54) is 0 Å². The van der Waals surface area contributed by atoms with Crippen LogP contribution in [-0.4, -0.2) is 4.98 Å². The van der Waals surface area contributed by atoms with Crippen LogP contribution < -0.4 is 11.5 Å². The first kappa shape index (κ1) is 11.5. The lowest BCUT2D eigenvalue weighted by Gasteiger charge is -2.13. The molecule has 0 unspecified atom stereocenters. The van der Waals surface area contributed by atoms with Crippen molar-refractivity contribution in [2.75, 3.05) is 11.5 Å². The Morgan fingerprint density at radius 1 is 1.20 bits per heavy atom. The van der Waals surface area contributed by atoms with E-state index >= 15 is 0 Å². The van der Waals surface area contributed by atoms with E-state index in [9.17, 15) is 22.0 Å². The van der Waals surface area contributed by atoms with E-state index in [-0.39, 0.29) is 0 Å². The summed E-state index contributed by atoms with van der Waals surface area (Å²) >= 11 is 0. The van der Waals surface area contributed by atoms with Crippen molar-refractivity contribution < 1.29 is 22.0 Å². The second kappa shape index (κ2) is 3.52. The number of nitrogens with zero attached hydrogens (tertiary/aromatic N) is 1. The van der Waals surface area contributed by atoms with Gasteiger partial charge in [-0.3, -0.25) is 0 Å². The third-order valence-electron chi connectivity index (χ3n) is 1.71. The number of alkyl halides is 5. The molecule has 1 rings (SSSR count). The zero-order valence-corrected chi connectivity index (χ0v) is 7.15. The molecule has 0 amide bonds. The fourth-order valence-electron chi connectivity index (χ4n) is 1.01. The Morgan fingerprint density at radius 2 is 1.73 bits per heavy atom. The first-order valence-electron chi connectivity index (χ1n) is 3.64. The molecule has 1 heterocycles. The number of nitrogen functional groups attached to an aromatic ring is 2. The van der Waals surface area contributed by atoms with Gasteiger partial charge in [0, 0.05) is 6.20 Å². The van der Waals surface area contributed by atoms with Gasteiger partial charge in [0.25, 0.3) is 6.43 Å². The molecule has 0 bridgehead atoms. The average Bonchev–Trinajstić information content (AvgIpc) is 2.00. The Morgan fingerprint density at radius 3 is 2.13 bits per heavy atom. The maximum Gasteiger partial charge on any atom is 0.419 e. The van der Waals surface area contributed by atoms with Crippen molar-refractivity contribution in [3.63, 3.8) is 0 Å². The lowest BCUT2D eigenvalue weighted by molar-refractivity contribution is -0.137. The zero-order chi connectivity index (χ0) is 11.8. The van der Waals surface area contributed by atoms with Crippen LogP contribution in [0.4, 0.5) is 33.5 Å². The maximum absolute atomic E-state index is 12.3. The van der Waals surface area contributed by atoms with Crippen LogP contribution in [0.25, 0.3) is 0 Å². The van der Waals surface area contributed by atoms with Gasteiger partial charge >= 0.3 is 6.18 Å². The fraction of sp³-hybridized carbons (Fsp3) is 0.286. The SMILES string of the molecule is Nc1ncc(C(F)(F)F)c(N)c1C(F)F. The van der Waals surface area contributed by atoms with Crippen molar-refractivity contribution in [3.8, 4) is 0 Å². The molecule has 0 spiro atoms. The number of hydrogen-bond acceptors (Lipinski definition) is 3. The Balaban J connectivity index is 3.42. The summed E-state index contributed by atoms with van der Waals surface area (Å²) in [6.07, 6.45) is -7.69. The molecule has 0 atom stereocenters. The van der Waals surface area contributed by atoms with Gasteiger partial charge in [-0.1, -0.05) is 0 Å². The largest absolute Gasteiger partial charge is 0.419 e. The molecular weight excluding hydrogens is 221 g/mol. The molecule has 0 aromatic carbocycles. The van der Waals surface area contributed by atoms with Crippen LogP contribution in [-0.2, 0) is 6.18 Å². The van der Waals surface area contributed by atoms with Crippen molar-refractivity contribution in [2.45, 2.75) is 12.6 Å². The Hall–Kier alpha value is -1.60. The van der Waals surface area contributed by atoms with Gasteiger partial charge in [-0.05, 0) is 0 Å². The zero-order valence-electron chi connectivity index (χ0n) is 7.15. The molecule has 3 nitrogen and oxygen atoms in total. The van der Waals surface area contributed by atoms with Gasteiger partial charge in [-0.15, -0.1) is 0 Å². The number of aromatic nitrogens is 1. The minimum atomic E-state index is -4.82. The number of rotatable bonds is 1. The summed E-state index contributed by atoms with van der Waals surface area (Å²) in [4.78, 5) is 3.03. The van der Waals surface area contributed by atoms with E-state index < -0.39 is 35.2 Å². The number of halogens is 5. The van der Waals surface area contributed by atoms with E-state index in [2.05, 4.69) is 4.98 Å². The van der Waals surface area contributed by atoms with Crippen molar-refractivity contribution in [1.82, 2.24) is 4.98 Å². The number of hydrogen-bond donors (Lipinski definition) is 2. The molecular formula is C7H6F5N3. The molecule has 84 valence electrons. The molecule has 4 N–H and O–H groups in total. The second-order valence-electron chi connectivity index (χ2n) is 2.68. The van der Waals surface area contributed by atoms with Crippen LogP contribution in [0.2, 0.25) is 0 Å². The number of anilines is 2. The van der Waals surface area contributed by atoms with Crippen LogP contribution in [0.15, 0.2) is 6.20 Å². The monoisotopic (exact) mass is 227 g/mol. The quantitative estimate of drug-likeness (QED) is 0.723. The molecule has 0 radical (unpaired) electrons. The molecule has 8 heteroatoms. The van der Waals surface area contributed by atoms with E-state index in [1.807, 2.05) is 0 Å². The lowest BCUT2D eigenvalue weighted by Crippen LogP contribution is -2.14. The first-order valence-corrected chi connectivity index (χ1v) is 3.64. The van der Waals surface area contributed by atoms with Crippen molar-refractivity contribution >= 4 is 11.5 Å². The fourth-order valence-corrected chi connectivity index (χ4v) is 1.01. The van der Waals surface area contributed by atoms with Gasteiger partial charge in [0.15, 0.2) is 0 Å². The van der Waals surface area contributed by atoms with Crippen LogP contribution in [0.3, 0.4) is 0 Å². The summed E-state index contributed by atoms with van der Waals surface area (Å²) in [6.45, 7) is 0. The number of nitrogens with two attached hydrogens (primary N) is 2. The average molecular weight is 227 g/mol. The third-order valence-corrected chi connectivity index (χ3v) is 1.71. The van der Waals surface area contributed by atoms with Crippen LogP contribution in [0.5, 0.6) is 0 Å². The third kappa shape index (κ3) is 2.08. The Bertz CT molecular complexity index is 374. The van der Waals surface area contributed by atoms with Crippen LogP contribution in [0, 0.1) is 0 Å². The Labute approximate surface area is 80.9 Å². The van der Waals surface area contributed by atoms with Gasteiger partial charge < -0.3 is 11.5 Å².